The molecule has 0 bridgehead atoms. The molecule has 2 fully saturated rings. The van der Waals surface area contributed by atoms with Crippen LogP contribution in [0.2, 0.25) is 5.02 Å². The van der Waals surface area contributed by atoms with Crippen molar-refractivity contribution in [3.05, 3.63) is 81.9 Å². The van der Waals surface area contributed by atoms with Crippen molar-refractivity contribution < 1.29 is 24.1 Å². The van der Waals surface area contributed by atoms with E-state index in [0.717, 1.165) is 67.5 Å². The fraction of sp³-hybridized carbons (Fsp3) is 0.419. The molecule has 0 saturated carbocycles. The number of aromatic nitrogens is 2. The lowest BCUT2D eigenvalue weighted by Crippen LogP contribution is -2.35. The molecule has 2 saturated heterocycles. The Labute approximate surface area is 239 Å². The van der Waals surface area contributed by atoms with Crippen LogP contribution in [0.25, 0.3) is 6.08 Å². The molecule has 9 heteroatoms. The Kier molecular flexibility index (Phi) is 7.33. The van der Waals surface area contributed by atoms with E-state index in [1.54, 1.807) is 19.2 Å². The first kappa shape index (κ1) is 26.9. The molecule has 2 aromatic carbocycles. The van der Waals surface area contributed by atoms with Gasteiger partial charge in [0, 0.05) is 35.3 Å². The predicted octanol–water partition coefficient (Wildman–Crippen LogP) is 5.84. The second kappa shape index (κ2) is 10.9. The minimum Gasteiger partial charge on any atom is -0.478 e. The van der Waals surface area contributed by atoms with Crippen molar-refractivity contribution in [1.82, 2.24) is 14.5 Å². The summed E-state index contributed by atoms with van der Waals surface area (Å²) in [5.74, 6) is 1.09. The lowest BCUT2D eigenvalue weighted by Gasteiger charge is -2.33. The van der Waals surface area contributed by atoms with Gasteiger partial charge in [-0.2, -0.15) is 0 Å². The average molecular weight is 564 g/mol. The molecule has 8 nitrogen and oxygen atoms in total. The SMILES string of the molecule is C/C(=C\c1cnc(CN2CCC(c3cccc4c3O[C@](C)(c3ccc(Cl)cc3)O4)CC2)n1C[C@@H]1CCO1)C(=O)O. The summed E-state index contributed by atoms with van der Waals surface area (Å²) in [7, 11) is 0. The van der Waals surface area contributed by atoms with E-state index in [1.165, 1.54) is 5.56 Å². The number of fused-ring (bicyclic) bond motifs is 1. The van der Waals surface area contributed by atoms with E-state index >= 15 is 0 Å². The third-order valence-corrected chi connectivity index (χ3v) is 8.47. The Morgan fingerprint density at radius 2 is 1.90 bits per heavy atom. The van der Waals surface area contributed by atoms with Crippen molar-refractivity contribution in [1.29, 1.82) is 0 Å². The van der Waals surface area contributed by atoms with Crippen LogP contribution in [0.5, 0.6) is 11.5 Å². The van der Waals surface area contributed by atoms with Crippen molar-refractivity contribution in [3.8, 4) is 11.5 Å². The van der Waals surface area contributed by atoms with Gasteiger partial charge >= 0.3 is 5.97 Å². The third-order valence-electron chi connectivity index (χ3n) is 8.22. The first-order chi connectivity index (χ1) is 19.3. The van der Waals surface area contributed by atoms with E-state index in [0.29, 0.717) is 24.0 Å². The van der Waals surface area contributed by atoms with Crippen LogP contribution in [-0.2, 0) is 28.4 Å². The number of benzene rings is 2. The van der Waals surface area contributed by atoms with Gasteiger partial charge in [0.05, 0.1) is 31.1 Å². The molecule has 1 aromatic heterocycles. The highest BCUT2D eigenvalue weighted by molar-refractivity contribution is 6.30. The topological polar surface area (TPSA) is 86.0 Å². The van der Waals surface area contributed by atoms with E-state index < -0.39 is 11.8 Å². The normalized spacial score (nSPS) is 23.3. The average Bonchev–Trinajstić information content (AvgIpc) is 3.46. The van der Waals surface area contributed by atoms with Crippen LogP contribution in [0, 0.1) is 0 Å². The van der Waals surface area contributed by atoms with Crippen LogP contribution in [0.15, 0.2) is 54.2 Å². The maximum atomic E-state index is 11.4. The zero-order chi connectivity index (χ0) is 27.9. The van der Waals surface area contributed by atoms with Gasteiger partial charge in [-0.05, 0) is 81.6 Å². The number of hydrogen-bond donors (Lipinski definition) is 1. The molecule has 0 radical (unpaired) electrons. The third kappa shape index (κ3) is 5.36. The molecule has 1 N–H and O–H groups in total. The van der Waals surface area contributed by atoms with Gasteiger partial charge in [-0.15, -0.1) is 0 Å². The summed E-state index contributed by atoms with van der Waals surface area (Å²) in [4.78, 5) is 18.5. The van der Waals surface area contributed by atoms with Crippen LogP contribution in [0.1, 0.15) is 61.7 Å². The lowest BCUT2D eigenvalue weighted by atomic mass is 9.88. The number of hydrogen-bond acceptors (Lipinski definition) is 6. The number of para-hydroxylation sites is 1. The Bertz CT molecular complexity index is 1420. The minimum atomic E-state index is -0.925. The molecule has 0 spiro atoms. The molecule has 6 rings (SSSR count). The minimum absolute atomic E-state index is 0.150. The first-order valence-corrected chi connectivity index (χ1v) is 14.2. The fourth-order valence-corrected chi connectivity index (χ4v) is 5.86. The Hall–Kier alpha value is -3.33. The number of likely N-dealkylation sites (tertiary alicyclic amines) is 1. The van der Waals surface area contributed by atoms with E-state index in [1.807, 2.05) is 43.3 Å². The van der Waals surface area contributed by atoms with Crippen LogP contribution in [0.3, 0.4) is 0 Å². The van der Waals surface area contributed by atoms with Crippen molar-refractivity contribution in [2.45, 2.75) is 64.0 Å². The molecule has 0 amide bonds. The highest BCUT2D eigenvalue weighted by Crippen LogP contribution is 2.49. The molecule has 4 heterocycles. The van der Waals surface area contributed by atoms with Gasteiger partial charge in [-0.1, -0.05) is 23.7 Å². The van der Waals surface area contributed by atoms with Gasteiger partial charge < -0.3 is 23.9 Å². The molecular weight excluding hydrogens is 530 g/mol. The molecule has 3 aliphatic heterocycles. The quantitative estimate of drug-likeness (QED) is 0.345. The molecule has 0 aliphatic carbocycles. The smallest absolute Gasteiger partial charge is 0.331 e. The highest BCUT2D eigenvalue weighted by atomic mass is 35.5. The number of rotatable bonds is 8. The van der Waals surface area contributed by atoms with Crippen molar-refractivity contribution >= 4 is 23.6 Å². The second-order valence-corrected chi connectivity index (χ2v) is 11.4. The summed E-state index contributed by atoms with van der Waals surface area (Å²) < 4.78 is 20.6. The summed E-state index contributed by atoms with van der Waals surface area (Å²) in [5, 5.41) is 10.0. The van der Waals surface area contributed by atoms with Crippen molar-refractivity contribution in [3.63, 3.8) is 0 Å². The van der Waals surface area contributed by atoms with Gasteiger partial charge in [0.25, 0.3) is 5.79 Å². The Balaban J connectivity index is 1.14. The monoisotopic (exact) mass is 563 g/mol. The summed E-state index contributed by atoms with van der Waals surface area (Å²) in [6.45, 7) is 7.58. The van der Waals surface area contributed by atoms with E-state index in [9.17, 15) is 9.90 Å². The molecule has 2 atom stereocenters. The maximum absolute atomic E-state index is 11.4. The van der Waals surface area contributed by atoms with Gasteiger partial charge in [0.15, 0.2) is 11.5 Å². The second-order valence-electron chi connectivity index (χ2n) is 11.0. The lowest BCUT2D eigenvalue weighted by molar-refractivity contribution is -0.132. The van der Waals surface area contributed by atoms with Crippen LogP contribution < -0.4 is 9.47 Å². The molecule has 210 valence electrons. The van der Waals surface area contributed by atoms with Crippen molar-refractivity contribution in [2.24, 2.45) is 0 Å². The summed E-state index contributed by atoms with van der Waals surface area (Å²) in [6, 6.07) is 13.8. The van der Waals surface area contributed by atoms with E-state index in [-0.39, 0.29) is 11.7 Å². The number of nitrogens with zero attached hydrogens (tertiary/aromatic N) is 3. The van der Waals surface area contributed by atoms with Gasteiger partial charge in [0.2, 0.25) is 0 Å². The number of ether oxygens (including phenoxy) is 3. The number of carbonyl (C=O) groups is 1. The number of imidazole rings is 1. The van der Waals surface area contributed by atoms with Gasteiger partial charge in [-0.25, -0.2) is 9.78 Å². The van der Waals surface area contributed by atoms with Crippen LogP contribution in [0.4, 0.5) is 0 Å². The Morgan fingerprint density at radius 1 is 1.15 bits per heavy atom. The molecule has 0 unspecified atom stereocenters. The number of carboxylic acid groups (broad SMARTS) is 1. The zero-order valence-electron chi connectivity index (χ0n) is 22.8. The Morgan fingerprint density at radius 3 is 2.58 bits per heavy atom. The van der Waals surface area contributed by atoms with Crippen LogP contribution >= 0.6 is 11.6 Å². The summed E-state index contributed by atoms with van der Waals surface area (Å²) in [5.41, 5.74) is 3.21. The molecule has 40 heavy (non-hydrogen) atoms. The van der Waals surface area contributed by atoms with Gasteiger partial charge in [0.1, 0.15) is 5.82 Å². The molecule has 3 aliphatic rings. The largest absolute Gasteiger partial charge is 0.478 e. The van der Waals surface area contributed by atoms with Crippen molar-refractivity contribution in [2.75, 3.05) is 19.7 Å². The number of aliphatic carboxylic acids is 1. The van der Waals surface area contributed by atoms with E-state index in [2.05, 4.69) is 15.5 Å². The van der Waals surface area contributed by atoms with E-state index in [4.69, 9.17) is 30.8 Å². The van der Waals surface area contributed by atoms with Crippen LogP contribution in [-0.4, -0.2) is 51.3 Å². The maximum Gasteiger partial charge on any atom is 0.331 e. The standard InChI is InChI=1S/C31H34ClN3O5/c1-20(30(36)37)16-24-17-33-28(35(24)18-25-12-15-38-25)19-34-13-10-21(11-14-34)26-4-3-5-27-29(26)40-31(2,39-27)22-6-8-23(32)9-7-22/h3-9,16-17,21,25H,10-15,18-19H2,1-2H3,(H,36,37)/b20-16+/t25-,31+/m0/s1. The highest BCUT2D eigenvalue weighted by Gasteiger charge is 2.41. The number of piperidine rings is 1. The molecule has 3 aromatic rings. The first-order valence-electron chi connectivity index (χ1n) is 13.9. The summed E-state index contributed by atoms with van der Waals surface area (Å²) in [6.07, 6.45) is 6.62. The number of halogens is 1. The number of carboxylic acids is 1. The molecular formula is C31H34ClN3O5. The summed E-state index contributed by atoms with van der Waals surface area (Å²) >= 11 is 6.09. The zero-order valence-corrected chi connectivity index (χ0v) is 23.6. The fourth-order valence-electron chi connectivity index (χ4n) is 5.74. The predicted molar refractivity (Wildman–Crippen MR) is 152 cm³/mol. The van der Waals surface area contributed by atoms with Gasteiger partial charge in [-0.3, -0.25) is 4.90 Å².